The Morgan fingerprint density at radius 3 is 2.84 bits per heavy atom. The molecule has 1 aromatic carbocycles. The van der Waals surface area contributed by atoms with E-state index in [1.807, 2.05) is 12.1 Å². The highest BCUT2D eigenvalue weighted by Gasteiger charge is 2.21. The molecule has 2 aromatic heterocycles. The van der Waals surface area contributed by atoms with E-state index in [0.29, 0.717) is 5.76 Å². The summed E-state index contributed by atoms with van der Waals surface area (Å²) in [4.78, 5) is 0.971. The fourth-order valence-corrected chi connectivity index (χ4v) is 3.55. The van der Waals surface area contributed by atoms with Gasteiger partial charge >= 0.3 is 0 Å². The Bertz CT molecular complexity index is 724. The van der Waals surface area contributed by atoms with Gasteiger partial charge < -0.3 is 4.42 Å². The van der Waals surface area contributed by atoms with Crippen molar-refractivity contribution in [2.24, 2.45) is 5.84 Å². The Hall–Kier alpha value is -1.21. The highest BCUT2D eigenvalue weighted by atomic mass is 79.9. The number of halogens is 2. The summed E-state index contributed by atoms with van der Waals surface area (Å²) in [5.41, 5.74) is 2.73. The van der Waals surface area contributed by atoms with Gasteiger partial charge in [-0.3, -0.25) is 5.84 Å². The normalized spacial score (nSPS) is 13.0. The molecule has 3 aromatic rings. The van der Waals surface area contributed by atoms with Gasteiger partial charge in [0.25, 0.3) is 0 Å². The average Bonchev–Trinajstić information content (AvgIpc) is 2.97. The van der Waals surface area contributed by atoms with E-state index in [-0.39, 0.29) is 11.9 Å². The fraction of sp³-hybridized carbons (Fsp3) is 0.0769. The van der Waals surface area contributed by atoms with Gasteiger partial charge in [-0.15, -0.1) is 11.3 Å². The second-order valence-electron chi connectivity index (χ2n) is 4.06. The number of hydrazine groups is 1. The number of rotatable bonds is 3. The lowest BCUT2D eigenvalue weighted by molar-refractivity contribution is 0.453. The van der Waals surface area contributed by atoms with E-state index in [4.69, 9.17) is 10.3 Å². The van der Waals surface area contributed by atoms with E-state index in [0.717, 1.165) is 19.4 Å². The highest BCUT2D eigenvalue weighted by Crippen LogP contribution is 2.36. The predicted molar refractivity (Wildman–Crippen MR) is 77.4 cm³/mol. The monoisotopic (exact) mass is 340 g/mol. The van der Waals surface area contributed by atoms with Gasteiger partial charge in [-0.2, -0.15) is 0 Å². The Morgan fingerprint density at radius 1 is 1.32 bits per heavy atom. The zero-order valence-corrected chi connectivity index (χ0v) is 12.1. The Morgan fingerprint density at radius 2 is 2.16 bits per heavy atom. The van der Waals surface area contributed by atoms with Crippen LogP contribution in [-0.2, 0) is 0 Å². The average molecular weight is 341 g/mol. The zero-order chi connectivity index (χ0) is 13.4. The molecule has 19 heavy (non-hydrogen) atoms. The van der Waals surface area contributed by atoms with Crippen LogP contribution in [0.5, 0.6) is 0 Å². The SMILES string of the molecule is NNC(c1cc2ccc(F)cc2s1)c1occc1Br. The Kier molecular flexibility index (Phi) is 3.40. The summed E-state index contributed by atoms with van der Waals surface area (Å²) < 4.78 is 20.4. The number of fused-ring (bicyclic) bond motifs is 1. The van der Waals surface area contributed by atoms with Crippen LogP contribution < -0.4 is 11.3 Å². The molecule has 0 fully saturated rings. The minimum atomic E-state index is -0.259. The van der Waals surface area contributed by atoms with Gasteiger partial charge in [0.05, 0.1) is 10.7 Å². The number of nitrogens with one attached hydrogen (secondary N) is 1. The molecule has 3 nitrogen and oxygen atoms in total. The van der Waals surface area contributed by atoms with Crippen LogP contribution >= 0.6 is 27.3 Å². The summed E-state index contributed by atoms with van der Waals surface area (Å²) in [6.07, 6.45) is 1.59. The van der Waals surface area contributed by atoms with Crippen LogP contribution in [0.4, 0.5) is 4.39 Å². The van der Waals surface area contributed by atoms with Crippen LogP contribution in [0.25, 0.3) is 10.1 Å². The number of benzene rings is 1. The third-order valence-electron chi connectivity index (χ3n) is 2.86. The molecule has 1 unspecified atom stereocenters. The molecule has 3 N–H and O–H groups in total. The van der Waals surface area contributed by atoms with Crippen molar-refractivity contribution in [2.75, 3.05) is 0 Å². The molecule has 0 amide bonds. The van der Waals surface area contributed by atoms with Gasteiger partial charge in [-0.1, -0.05) is 6.07 Å². The minimum absolute atomic E-state index is 0.239. The second-order valence-corrected chi connectivity index (χ2v) is 6.03. The van der Waals surface area contributed by atoms with Crippen molar-refractivity contribution in [3.8, 4) is 0 Å². The van der Waals surface area contributed by atoms with Gasteiger partial charge in [0.2, 0.25) is 0 Å². The summed E-state index contributed by atoms with van der Waals surface area (Å²) >= 11 is 4.90. The molecule has 0 saturated carbocycles. The molecule has 98 valence electrons. The molecule has 3 rings (SSSR count). The first-order valence-corrected chi connectivity index (χ1v) is 7.18. The van der Waals surface area contributed by atoms with E-state index in [2.05, 4.69) is 21.4 Å². The van der Waals surface area contributed by atoms with E-state index in [1.165, 1.54) is 23.5 Å². The van der Waals surface area contributed by atoms with Crippen LogP contribution in [0.2, 0.25) is 0 Å². The summed E-state index contributed by atoms with van der Waals surface area (Å²) in [5, 5.41) is 0.990. The molecule has 2 heterocycles. The zero-order valence-electron chi connectivity index (χ0n) is 9.69. The maximum Gasteiger partial charge on any atom is 0.141 e. The largest absolute Gasteiger partial charge is 0.466 e. The lowest BCUT2D eigenvalue weighted by atomic mass is 10.1. The third kappa shape index (κ3) is 2.32. The van der Waals surface area contributed by atoms with Crippen molar-refractivity contribution in [3.63, 3.8) is 0 Å². The third-order valence-corrected chi connectivity index (χ3v) is 4.68. The van der Waals surface area contributed by atoms with Gasteiger partial charge in [0, 0.05) is 9.58 Å². The quantitative estimate of drug-likeness (QED) is 0.560. The molecule has 0 aliphatic rings. The number of furan rings is 1. The molecule has 0 bridgehead atoms. The number of hydrogen-bond acceptors (Lipinski definition) is 4. The van der Waals surface area contributed by atoms with Gasteiger partial charge in [0.15, 0.2) is 0 Å². The van der Waals surface area contributed by atoms with E-state index < -0.39 is 0 Å². The lowest BCUT2D eigenvalue weighted by Crippen LogP contribution is -2.28. The van der Waals surface area contributed by atoms with Crippen molar-refractivity contribution in [1.82, 2.24) is 5.43 Å². The molecule has 0 spiro atoms. The fourth-order valence-electron chi connectivity index (χ4n) is 1.97. The van der Waals surface area contributed by atoms with Crippen LogP contribution in [-0.4, -0.2) is 0 Å². The molecule has 1 atom stereocenters. The van der Waals surface area contributed by atoms with Gasteiger partial charge in [-0.05, 0) is 45.6 Å². The first-order chi connectivity index (χ1) is 9.19. The van der Waals surface area contributed by atoms with Crippen molar-refractivity contribution < 1.29 is 8.81 Å². The first-order valence-electron chi connectivity index (χ1n) is 5.57. The Labute approximate surface area is 121 Å². The van der Waals surface area contributed by atoms with Crippen LogP contribution in [0, 0.1) is 5.82 Å². The van der Waals surface area contributed by atoms with Crippen LogP contribution in [0.3, 0.4) is 0 Å². The number of nitrogens with two attached hydrogens (primary N) is 1. The van der Waals surface area contributed by atoms with Crippen LogP contribution in [0.1, 0.15) is 16.7 Å². The summed E-state index contributed by atoms with van der Waals surface area (Å²) in [6, 6.07) is 8.27. The number of thiophene rings is 1. The maximum atomic E-state index is 13.2. The molecule has 0 radical (unpaired) electrons. The molecular weight excluding hydrogens is 331 g/mol. The standard InChI is InChI=1S/C13H10BrFN2OS/c14-9-3-4-18-13(9)12(17-16)11-5-7-1-2-8(15)6-10(7)19-11/h1-6,12,17H,16H2. The Balaban J connectivity index is 2.09. The number of hydrogen-bond donors (Lipinski definition) is 2. The van der Waals surface area contributed by atoms with Gasteiger partial charge in [0.1, 0.15) is 17.6 Å². The molecule has 6 heteroatoms. The maximum absolute atomic E-state index is 13.2. The summed E-state index contributed by atoms with van der Waals surface area (Å²) in [7, 11) is 0. The molecule has 0 saturated heterocycles. The summed E-state index contributed by atoms with van der Waals surface area (Å²) in [6.45, 7) is 0. The topological polar surface area (TPSA) is 51.2 Å². The molecule has 0 aliphatic heterocycles. The lowest BCUT2D eigenvalue weighted by Gasteiger charge is -2.11. The predicted octanol–water partition coefficient (Wildman–Crippen LogP) is 3.95. The van der Waals surface area contributed by atoms with Crippen LogP contribution in [0.15, 0.2) is 45.5 Å². The van der Waals surface area contributed by atoms with Crippen molar-refractivity contribution >= 4 is 37.4 Å². The van der Waals surface area contributed by atoms with Crippen molar-refractivity contribution in [1.29, 1.82) is 0 Å². The molecular formula is C13H10BrFN2OS. The van der Waals surface area contributed by atoms with E-state index in [1.54, 1.807) is 12.3 Å². The van der Waals surface area contributed by atoms with Crippen molar-refractivity contribution in [3.05, 3.63) is 57.5 Å². The first kappa shape index (κ1) is 12.8. The summed E-state index contributed by atoms with van der Waals surface area (Å²) in [5.74, 6) is 6.08. The minimum Gasteiger partial charge on any atom is -0.466 e. The van der Waals surface area contributed by atoms with Crippen molar-refractivity contribution in [2.45, 2.75) is 6.04 Å². The van der Waals surface area contributed by atoms with E-state index in [9.17, 15) is 4.39 Å². The van der Waals surface area contributed by atoms with Gasteiger partial charge in [-0.25, -0.2) is 9.82 Å². The second kappa shape index (κ2) is 5.05. The highest BCUT2D eigenvalue weighted by molar-refractivity contribution is 9.10. The molecule has 0 aliphatic carbocycles. The van der Waals surface area contributed by atoms with E-state index >= 15 is 0 Å². The smallest absolute Gasteiger partial charge is 0.141 e.